The third-order valence-electron chi connectivity index (χ3n) is 2.25. The molecule has 0 fully saturated rings. The van der Waals surface area contributed by atoms with Gasteiger partial charge >= 0.3 is 0 Å². The van der Waals surface area contributed by atoms with Crippen molar-refractivity contribution in [3.8, 4) is 0 Å². The number of aromatic nitrogens is 1. The Morgan fingerprint density at radius 1 is 1.28 bits per heavy atom. The Bertz CT molecular complexity index is 604. The Hall–Kier alpha value is -2.14. The number of nitrogens with one attached hydrogen (secondary N) is 1. The highest BCUT2D eigenvalue weighted by atomic mass is 35.5. The zero-order valence-corrected chi connectivity index (χ0v) is 9.91. The minimum Gasteiger partial charge on any atom is -0.397 e. The van der Waals surface area contributed by atoms with E-state index in [0.717, 1.165) is 0 Å². The van der Waals surface area contributed by atoms with Crippen molar-refractivity contribution in [1.29, 1.82) is 0 Å². The number of hydrogen-bond acceptors (Lipinski definition) is 3. The second-order valence-corrected chi connectivity index (χ2v) is 3.91. The molecule has 2 rings (SSSR count). The monoisotopic (exact) mass is 265 g/mol. The molecule has 18 heavy (non-hydrogen) atoms. The maximum Gasteiger partial charge on any atom is 0.258 e. The molecule has 0 unspecified atom stereocenters. The van der Waals surface area contributed by atoms with Gasteiger partial charge in [0.1, 0.15) is 5.82 Å². The number of hydrogen-bond donors (Lipinski definition) is 2. The van der Waals surface area contributed by atoms with E-state index in [1.165, 1.54) is 24.3 Å². The van der Waals surface area contributed by atoms with E-state index < -0.39 is 11.9 Å². The van der Waals surface area contributed by atoms with Gasteiger partial charge in [0, 0.05) is 0 Å². The fraction of sp³-hybridized carbons (Fsp3) is 0. The van der Waals surface area contributed by atoms with Crippen molar-refractivity contribution < 1.29 is 9.18 Å². The van der Waals surface area contributed by atoms with Crippen LogP contribution < -0.4 is 11.1 Å². The molecular weight excluding hydrogens is 257 g/mol. The van der Waals surface area contributed by atoms with E-state index in [1.807, 2.05) is 0 Å². The van der Waals surface area contributed by atoms with E-state index in [1.54, 1.807) is 12.1 Å². The zero-order chi connectivity index (χ0) is 13.1. The average Bonchev–Trinajstić information content (AvgIpc) is 2.32. The van der Waals surface area contributed by atoms with Gasteiger partial charge in [-0.25, -0.2) is 4.98 Å². The maximum atomic E-state index is 12.9. The molecule has 3 N–H and O–H groups in total. The van der Waals surface area contributed by atoms with E-state index in [2.05, 4.69) is 10.3 Å². The van der Waals surface area contributed by atoms with Crippen molar-refractivity contribution in [3.63, 3.8) is 0 Å². The van der Waals surface area contributed by atoms with Crippen molar-refractivity contribution in [2.45, 2.75) is 0 Å². The number of pyridine rings is 1. The molecule has 0 atom stereocenters. The quantitative estimate of drug-likeness (QED) is 0.648. The minimum absolute atomic E-state index is 0.111. The standard InChI is InChI=1S/C12H9ClFN3O/c13-8-4-1-3-7(11(8)15)12(18)17-10-6-2-5-9(14)16-10/h1-6H,15H2,(H,16,17,18). The number of amides is 1. The lowest BCUT2D eigenvalue weighted by atomic mass is 10.1. The Morgan fingerprint density at radius 2 is 2.00 bits per heavy atom. The number of nitrogens with zero attached hydrogens (tertiary/aromatic N) is 1. The molecule has 0 saturated carbocycles. The lowest BCUT2D eigenvalue weighted by Crippen LogP contribution is -2.15. The highest BCUT2D eigenvalue weighted by Crippen LogP contribution is 2.23. The molecule has 0 aliphatic rings. The molecule has 1 aromatic carbocycles. The molecule has 0 aliphatic heterocycles. The van der Waals surface area contributed by atoms with Crippen LogP contribution in [-0.4, -0.2) is 10.9 Å². The number of carbonyl (C=O) groups is 1. The number of nitrogen functional groups attached to an aromatic ring is 1. The molecule has 1 heterocycles. The van der Waals surface area contributed by atoms with Crippen LogP contribution in [-0.2, 0) is 0 Å². The number of nitrogens with two attached hydrogens (primary N) is 1. The van der Waals surface area contributed by atoms with E-state index in [4.69, 9.17) is 17.3 Å². The third-order valence-corrected chi connectivity index (χ3v) is 2.58. The molecule has 0 saturated heterocycles. The molecule has 1 aromatic heterocycles. The average molecular weight is 266 g/mol. The summed E-state index contributed by atoms with van der Waals surface area (Å²) in [5, 5.41) is 2.73. The van der Waals surface area contributed by atoms with Gasteiger partial charge in [-0.1, -0.05) is 23.7 Å². The summed E-state index contributed by atoms with van der Waals surface area (Å²) in [5.74, 6) is -1.06. The van der Waals surface area contributed by atoms with Gasteiger partial charge in [0.05, 0.1) is 16.3 Å². The van der Waals surface area contributed by atoms with E-state index in [9.17, 15) is 9.18 Å². The molecular formula is C12H9ClFN3O. The van der Waals surface area contributed by atoms with Crippen molar-refractivity contribution in [1.82, 2.24) is 4.98 Å². The Kier molecular flexibility index (Phi) is 3.43. The van der Waals surface area contributed by atoms with Crippen LogP contribution in [0.5, 0.6) is 0 Å². The minimum atomic E-state index is -0.674. The van der Waals surface area contributed by atoms with E-state index in [0.29, 0.717) is 0 Å². The SMILES string of the molecule is Nc1c(Cl)cccc1C(=O)Nc1cccc(F)n1. The van der Waals surface area contributed by atoms with Gasteiger partial charge < -0.3 is 11.1 Å². The number of anilines is 2. The van der Waals surface area contributed by atoms with Gasteiger partial charge in [-0.05, 0) is 24.3 Å². The predicted octanol–water partition coefficient (Wildman–Crippen LogP) is 2.71. The van der Waals surface area contributed by atoms with Crippen molar-refractivity contribution >= 4 is 29.0 Å². The summed E-state index contributed by atoms with van der Waals surface area (Å²) in [4.78, 5) is 15.4. The molecule has 0 spiro atoms. The first-order valence-corrected chi connectivity index (χ1v) is 5.43. The summed E-state index contributed by atoms with van der Waals surface area (Å²) < 4.78 is 12.9. The lowest BCUT2D eigenvalue weighted by Gasteiger charge is -2.07. The van der Waals surface area contributed by atoms with Gasteiger partial charge in [0.2, 0.25) is 5.95 Å². The fourth-order valence-electron chi connectivity index (χ4n) is 1.40. The van der Waals surface area contributed by atoms with Gasteiger partial charge in [-0.3, -0.25) is 4.79 Å². The molecule has 2 aromatic rings. The van der Waals surface area contributed by atoms with Crippen LogP contribution in [0.2, 0.25) is 5.02 Å². The van der Waals surface area contributed by atoms with Crippen LogP contribution in [0, 0.1) is 5.95 Å². The van der Waals surface area contributed by atoms with Crippen LogP contribution in [0.1, 0.15) is 10.4 Å². The summed E-state index contributed by atoms with van der Waals surface area (Å²) in [7, 11) is 0. The normalized spacial score (nSPS) is 10.1. The zero-order valence-electron chi connectivity index (χ0n) is 9.15. The summed E-state index contributed by atoms with van der Waals surface area (Å²) in [5.41, 5.74) is 6.07. The molecule has 6 heteroatoms. The first kappa shape index (κ1) is 12.3. The second kappa shape index (κ2) is 5.01. The molecule has 0 bridgehead atoms. The smallest absolute Gasteiger partial charge is 0.258 e. The van der Waals surface area contributed by atoms with Crippen molar-refractivity contribution in [2.24, 2.45) is 0 Å². The van der Waals surface area contributed by atoms with Gasteiger partial charge in [0.25, 0.3) is 5.91 Å². The molecule has 92 valence electrons. The molecule has 0 aliphatic carbocycles. The van der Waals surface area contributed by atoms with Crippen molar-refractivity contribution in [3.05, 3.63) is 52.9 Å². The van der Waals surface area contributed by atoms with E-state index >= 15 is 0 Å². The summed E-state index contributed by atoms with van der Waals surface area (Å²) in [6.45, 7) is 0. The first-order valence-electron chi connectivity index (χ1n) is 5.06. The third kappa shape index (κ3) is 2.57. The molecule has 0 radical (unpaired) electrons. The summed E-state index contributed by atoms with van der Waals surface area (Å²) in [6.07, 6.45) is 0. The topological polar surface area (TPSA) is 68.0 Å². The Labute approximate surface area is 108 Å². The number of benzene rings is 1. The Morgan fingerprint density at radius 3 is 2.72 bits per heavy atom. The number of carbonyl (C=O) groups excluding carboxylic acids is 1. The van der Waals surface area contributed by atoms with Crippen LogP contribution in [0.15, 0.2) is 36.4 Å². The molecule has 1 amide bonds. The first-order chi connectivity index (χ1) is 8.58. The van der Waals surface area contributed by atoms with Crippen LogP contribution in [0.25, 0.3) is 0 Å². The molecule has 4 nitrogen and oxygen atoms in total. The maximum absolute atomic E-state index is 12.9. The highest BCUT2D eigenvalue weighted by Gasteiger charge is 2.12. The Balaban J connectivity index is 2.25. The van der Waals surface area contributed by atoms with Gasteiger partial charge in [-0.15, -0.1) is 0 Å². The largest absolute Gasteiger partial charge is 0.397 e. The second-order valence-electron chi connectivity index (χ2n) is 3.50. The predicted molar refractivity (Wildman–Crippen MR) is 68.0 cm³/mol. The van der Waals surface area contributed by atoms with Crippen LogP contribution >= 0.6 is 11.6 Å². The lowest BCUT2D eigenvalue weighted by molar-refractivity contribution is 0.102. The van der Waals surface area contributed by atoms with Gasteiger partial charge in [-0.2, -0.15) is 4.39 Å². The number of para-hydroxylation sites is 1. The summed E-state index contributed by atoms with van der Waals surface area (Å²) >= 11 is 5.81. The summed E-state index contributed by atoms with van der Waals surface area (Å²) in [6, 6.07) is 8.81. The highest BCUT2D eigenvalue weighted by molar-refractivity contribution is 6.34. The number of rotatable bonds is 2. The van der Waals surface area contributed by atoms with E-state index in [-0.39, 0.29) is 22.1 Å². The van der Waals surface area contributed by atoms with Crippen LogP contribution in [0.4, 0.5) is 15.9 Å². The van der Waals surface area contributed by atoms with Gasteiger partial charge in [0.15, 0.2) is 0 Å². The fourth-order valence-corrected chi connectivity index (χ4v) is 1.57. The number of halogens is 2. The van der Waals surface area contributed by atoms with Crippen LogP contribution in [0.3, 0.4) is 0 Å². The van der Waals surface area contributed by atoms with Crippen molar-refractivity contribution in [2.75, 3.05) is 11.1 Å².